The first kappa shape index (κ1) is 28.4. The van der Waals surface area contributed by atoms with Crippen molar-refractivity contribution in [3.05, 3.63) is 64.2 Å². The summed E-state index contributed by atoms with van der Waals surface area (Å²) >= 11 is 4.16. The Labute approximate surface area is 217 Å². The van der Waals surface area contributed by atoms with Crippen LogP contribution < -0.4 is 10.2 Å². The fourth-order valence-corrected chi connectivity index (χ4v) is 5.94. The molecule has 2 aromatic rings. The molecule has 0 bridgehead atoms. The molecular weight excluding hydrogens is 547 g/mol. The molecule has 3 nitrogen and oxygen atoms in total. The number of halogens is 9. The van der Waals surface area contributed by atoms with E-state index >= 15 is 0 Å². The lowest BCUT2D eigenvalue weighted by atomic mass is 9.77. The highest BCUT2D eigenvalue weighted by Crippen LogP contribution is 2.55. The SMILES string of the molecule is CCC(=O)NC1CCc2cc(N3CCC(c4cc(C(F)(F)F)cc(C(F)(F)F)c4)(C(F)(F)F)C3S)ccc21. The van der Waals surface area contributed by atoms with Crippen molar-refractivity contribution in [2.24, 2.45) is 0 Å². The first-order valence-electron chi connectivity index (χ1n) is 11.7. The van der Waals surface area contributed by atoms with Crippen molar-refractivity contribution in [1.29, 1.82) is 0 Å². The topological polar surface area (TPSA) is 32.3 Å². The van der Waals surface area contributed by atoms with Gasteiger partial charge in [-0.15, -0.1) is 0 Å². The smallest absolute Gasteiger partial charge is 0.358 e. The van der Waals surface area contributed by atoms with Gasteiger partial charge in [0.2, 0.25) is 5.91 Å². The Morgan fingerprint density at radius 1 is 1.00 bits per heavy atom. The first-order valence-corrected chi connectivity index (χ1v) is 12.2. The second-order valence-corrected chi connectivity index (χ2v) is 9.97. The number of fused-ring (bicyclic) bond motifs is 1. The number of carbonyl (C=O) groups excluding carboxylic acids is 1. The Morgan fingerprint density at radius 3 is 2.13 bits per heavy atom. The third-order valence-electron chi connectivity index (χ3n) is 7.28. The predicted molar refractivity (Wildman–Crippen MR) is 125 cm³/mol. The number of benzene rings is 2. The Hall–Kier alpha value is -2.57. The molecule has 0 saturated carbocycles. The highest BCUT2D eigenvalue weighted by Gasteiger charge is 2.64. The van der Waals surface area contributed by atoms with Crippen LogP contribution in [0.4, 0.5) is 45.2 Å². The number of nitrogens with zero attached hydrogens (tertiary/aromatic N) is 1. The number of anilines is 1. The molecule has 1 saturated heterocycles. The van der Waals surface area contributed by atoms with Gasteiger partial charge in [0.1, 0.15) is 5.41 Å². The van der Waals surface area contributed by atoms with Crippen LogP contribution in [0, 0.1) is 0 Å². The van der Waals surface area contributed by atoms with E-state index in [1.807, 2.05) is 0 Å². The third-order valence-corrected chi connectivity index (χ3v) is 8.00. The first-order chi connectivity index (χ1) is 17.5. The van der Waals surface area contributed by atoms with E-state index in [0.717, 1.165) is 11.1 Å². The number of amides is 1. The Kier molecular flexibility index (Phi) is 7.16. The maximum absolute atomic E-state index is 14.6. The summed E-state index contributed by atoms with van der Waals surface area (Å²) in [6.07, 6.45) is -15.2. The molecule has 1 fully saturated rings. The molecule has 4 rings (SSSR count). The molecule has 1 N–H and O–H groups in total. The number of alkyl halides is 9. The second kappa shape index (κ2) is 9.56. The molecule has 38 heavy (non-hydrogen) atoms. The van der Waals surface area contributed by atoms with Crippen molar-refractivity contribution < 1.29 is 44.3 Å². The lowest BCUT2D eigenvalue weighted by Crippen LogP contribution is -2.50. The van der Waals surface area contributed by atoms with E-state index in [0.29, 0.717) is 18.5 Å². The molecule has 1 aliphatic carbocycles. The summed E-state index contributed by atoms with van der Waals surface area (Å²) in [6, 6.07) is 4.66. The standard InChI is InChI=1S/C25H23F9N2OS/c1-2-20(37)35-19-6-3-13-9-17(4-5-18(13)19)36-8-7-22(21(36)38,25(32,33)34)14-10-15(23(26,27)28)12-16(11-14)24(29,30)31/h4-5,9-12,19,21,38H,2-3,6-8H2,1H3,(H,35,37). The Morgan fingerprint density at radius 2 is 1.61 bits per heavy atom. The van der Waals surface area contributed by atoms with Gasteiger partial charge in [-0.05, 0) is 66.3 Å². The van der Waals surface area contributed by atoms with Crippen molar-refractivity contribution in [2.75, 3.05) is 11.4 Å². The monoisotopic (exact) mass is 570 g/mol. The average Bonchev–Trinajstić information content (AvgIpc) is 3.38. The lowest BCUT2D eigenvalue weighted by molar-refractivity contribution is -0.187. The highest BCUT2D eigenvalue weighted by atomic mass is 32.1. The van der Waals surface area contributed by atoms with Gasteiger partial charge >= 0.3 is 18.5 Å². The van der Waals surface area contributed by atoms with Gasteiger partial charge in [0.05, 0.1) is 22.5 Å². The molecule has 1 aliphatic heterocycles. The number of nitrogens with one attached hydrogen (secondary N) is 1. The molecular formula is C25H23F9N2OS. The molecule has 3 atom stereocenters. The summed E-state index contributed by atoms with van der Waals surface area (Å²) in [7, 11) is 0. The molecule has 0 aromatic heterocycles. The molecule has 3 unspecified atom stereocenters. The fourth-order valence-electron chi connectivity index (χ4n) is 5.27. The van der Waals surface area contributed by atoms with Crippen molar-refractivity contribution in [2.45, 2.75) is 68.0 Å². The Bertz CT molecular complexity index is 1190. The fraction of sp³-hybridized carbons (Fsp3) is 0.480. The van der Waals surface area contributed by atoms with Crippen molar-refractivity contribution in [3.8, 4) is 0 Å². The van der Waals surface area contributed by atoms with Gasteiger partial charge in [-0.2, -0.15) is 52.1 Å². The highest BCUT2D eigenvalue weighted by molar-refractivity contribution is 7.81. The number of hydrogen-bond acceptors (Lipinski definition) is 3. The third kappa shape index (κ3) is 4.93. The van der Waals surface area contributed by atoms with Crippen molar-refractivity contribution >= 4 is 24.2 Å². The van der Waals surface area contributed by atoms with Gasteiger partial charge in [0.15, 0.2) is 0 Å². The Balaban J connectivity index is 1.76. The maximum atomic E-state index is 14.6. The van der Waals surface area contributed by atoms with E-state index in [2.05, 4.69) is 17.9 Å². The minimum Gasteiger partial charge on any atom is -0.358 e. The normalized spacial score (nSPS) is 24.0. The van der Waals surface area contributed by atoms with Crippen LogP contribution in [0.2, 0.25) is 0 Å². The van der Waals surface area contributed by atoms with Gasteiger partial charge in [-0.1, -0.05) is 13.0 Å². The van der Waals surface area contributed by atoms with Crippen LogP contribution in [0.15, 0.2) is 36.4 Å². The summed E-state index contributed by atoms with van der Waals surface area (Å²) in [4.78, 5) is 13.0. The molecule has 13 heteroatoms. The molecule has 208 valence electrons. The zero-order valence-electron chi connectivity index (χ0n) is 19.9. The van der Waals surface area contributed by atoms with Crippen LogP contribution in [0.25, 0.3) is 0 Å². The maximum Gasteiger partial charge on any atom is 0.416 e. The molecule has 1 amide bonds. The van der Waals surface area contributed by atoms with E-state index in [4.69, 9.17) is 0 Å². The zero-order valence-corrected chi connectivity index (χ0v) is 20.8. The van der Waals surface area contributed by atoms with Crippen LogP contribution in [0.3, 0.4) is 0 Å². The molecule has 0 radical (unpaired) electrons. The van der Waals surface area contributed by atoms with Gasteiger partial charge in [0.25, 0.3) is 0 Å². The quantitative estimate of drug-likeness (QED) is 0.301. The van der Waals surface area contributed by atoms with Gasteiger partial charge < -0.3 is 10.2 Å². The minimum absolute atomic E-state index is 0.138. The van der Waals surface area contributed by atoms with Crippen LogP contribution in [0.5, 0.6) is 0 Å². The van der Waals surface area contributed by atoms with Crippen LogP contribution in [-0.2, 0) is 29.0 Å². The van der Waals surface area contributed by atoms with Crippen LogP contribution in [-0.4, -0.2) is 24.0 Å². The summed E-state index contributed by atoms with van der Waals surface area (Å²) in [5.74, 6) is -0.156. The van der Waals surface area contributed by atoms with Gasteiger partial charge in [-0.25, -0.2) is 0 Å². The molecule has 1 heterocycles. The molecule has 2 aromatic carbocycles. The summed E-state index contributed by atoms with van der Waals surface area (Å²) in [6.45, 7) is 1.39. The van der Waals surface area contributed by atoms with Gasteiger partial charge in [0, 0.05) is 18.7 Å². The van der Waals surface area contributed by atoms with E-state index < -0.39 is 52.4 Å². The number of thiol groups is 1. The minimum atomic E-state index is -5.29. The predicted octanol–water partition coefficient (Wildman–Crippen LogP) is 7.20. The largest absolute Gasteiger partial charge is 0.416 e. The summed E-state index contributed by atoms with van der Waals surface area (Å²) in [5, 5.41) is 1.07. The summed E-state index contributed by atoms with van der Waals surface area (Å²) < 4.78 is 125. The second-order valence-electron chi connectivity index (χ2n) is 9.48. The number of hydrogen-bond donors (Lipinski definition) is 2. The van der Waals surface area contributed by atoms with Crippen LogP contribution in [0.1, 0.15) is 60.0 Å². The number of rotatable bonds is 4. The molecule has 0 spiro atoms. The van der Waals surface area contributed by atoms with Gasteiger partial charge in [-0.3, -0.25) is 4.79 Å². The van der Waals surface area contributed by atoms with Crippen molar-refractivity contribution in [3.63, 3.8) is 0 Å². The average molecular weight is 571 g/mol. The number of aryl methyl sites for hydroxylation is 1. The summed E-state index contributed by atoms with van der Waals surface area (Å²) in [5.41, 5.74) is -5.98. The zero-order chi connectivity index (χ0) is 28.3. The molecule has 2 aliphatic rings. The van der Waals surface area contributed by atoms with E-state index in [-0.39, 0.29) is 43.1 Å². The van der Waals surface area contributed by atoms with E-state index in [1.165, 1.54) is 11.0 Å². The lowest BCUT2D eigenvalue weighted by Gasteiger charge is -2.38. The number of carbonyl (C=O) groups is 1. The van der Waals surface area contributed by atoms with E-state index in [1.54, 1.807) is 19.1 Å². The van der Waals surface area contributed by atoms with Crippen molar-refractivity contribution in [1.82, 2.24) is 5.32 Å². The van der Waals surface area contributed by atoms with Crippen LogP contribution >= 0.6 is 12.6 Å². The van der Waals surface area contributed by atoms with E-state index in [9.17, 15) is 44.3 Å².